The highest BCUT2D eigenvalue weighted by Crippen LogP contribution is 2.40. The summed E-state index contributed by atoms with van der Waals surface area (Å²) in [6, 6.07) is -0.393. The number of aryl methyl sites for hydroxylation is 3. The quantitative estimate of drug-likeness (QED) is 0.187. The van der Waals surface area contributed by atoms with Crippen molar-refractivity contribution in [3.63, 3.8) is 0 Å². The molecule has 50 heavy (non-hydrogen) atoms. The third-order valence-corrected chi connectivity index (χ3v) is 8.22. The monoisotopic (exact) mass is 717 g/mol. The summed E-state index contributed by atoms with van der Waals surface area (Å²) in [6.07, 6.45) is -10.00. The number of nitrogens with zero attached hydrogens (tertiary/aromatic N) is 2. The van der Waals surface area contributed by atoms with Crippen molar-refractivity contribution in [2.45, 2.75) is 78.3 Å². The highest BCUT2D eigenvalue weighted by Gasteiger charge is 2.37. The normalized spacial score (nSPS) is 13.5. The van der Waals surface area contributed by atoms with Crippen molar-refractivity contribution < 1.29 is 49.8 Å². The van der Waals surface area contributed by atoms with Gasteiger partial charge in [0.25, 0.3) is 5.56 Å². The molecule has 0 aliphatic rings. The number of amides is 1. The maximum absolute atomic E-state index is 16.4. The highest BCUT2D eigenvalue weighted by atomic mass is 19.4. The van der Waals surface area contributed by atoms with Crippen molar-refractivity contribution in [3.8, 4) is 11.1 Å². The van der Waals surface area contributed by atoms with Crippen LogP contribution in [0.4, 0.5) is 35.1 Å². The zero-order chi connectivity index (χ0) is 38.0. The molecule has 0 spiro atoms. The fraction of sp³-hybridized carbons (Fsp3) is 0.457. The molecular weight excluding hydrogens is 678 g/mol. The second-order valence-corrected chi connectivity index (χ2v) is 13.1. The van der Waals surface area contributed by atoms with Crippen molar-refractivity contribution in [1.29, 1.82) is 0 Å². The van der Waals surface area contributed by atoms with Gasteiger partial charge in [-0.25, -0.2) is 8.78 Å². The lowest BCUT2D eigenvalue weighted by atomic mass is 9.88. The van der Waals surface area contributed by atoms with E-state index in [2.05, 4.69) is 5.32 Å². The molecule has 2 aromatic carbocycles. The van der Waals surface area contributed by atoms with E-state index in [0.717, 1.165) is 29.0 Å². The molecule has 0 bridgehead atoms. The maximum atomic E-state index is 16.4. The average Bonchev–Trinajstić information content (AvgIpc) is 2.96. The van der Waals surface area contributed by atoms with Crippen LogP contribution in [-0.4, -0.2) is 47.1 Å². The van der Waals surface area contributed by atoms with Gasteiger partial charge >= 0.3 is 18.3 Å². The van der Waals surface area contributed by atoms with Crippen LogP contribution in [0.15, 0.2) is 35.3 Å². The number of carboxylic acid groups (broad SMARTS) is 1. The summed E-state index contributed by atoms with van der Waals surface area (Å²) in [5.41, 5.74) is -5.07. The van der Waals surface area contributed by atoms with Crippen molar-refractivity contribution in [2.24, 2.45) is 5.92 Å². The molecule has 7 nitrogen and oxygen atoms in total. The largest absolute Gasteiger partial charge is 0.481 e. The molecule has 2 N–H and O–H groups in total. The van der Waals surface area contributed by atoms with Crippen LogP contribution >= 0.6 is 0 Å². The summed E-state index contributed by atoms with van der Waals surface area (Å²) >= 11 is 0. The summed E-state index contributed by atoms with van der Waals surface area (Å²) in [4.78, 5) is 40.6. The van der Waals surface area contributed by atoms with Crippen LogP contribution in [0.25, 0.3) is 11.1 Å². The Morgan fingerprint density at radius 3 is 1.96 bits per heavy atom. The smallest absolute Gasteiger partial charge is 0.416 e. The first-order valence-electron chi connectivity index (χ1n) is 15.6. The zero-order valence-corrected chi connectivity index (χ0v) is 28.5. The lowest BCUT2D eigenvalue weighted by molar-refractivity contribution is -0.139. The van der Waals surface area contributed by atoms with Gasteiger partial charge in [-0.2, -0.15) is 26.3 Å². The van der Waals surface area contributed by atoms with E-state index in [1.54, 1.807) is 32.8 Å². The Hall–Kier alpha value is -4.27. The molecule has 0 radical (unpaired) electrons. The molecule has 1 heterocycles. The second-order valence-electron chi connectivity index (χ2n) is 13.1. The third-order valence-electron chi connectivity index (χ3n) is 8.22. The highest BCUT2D eigenvalue weighted by molar-refractivity contribution is 5.82. The summed E-state index contributed by atoms with van der Waals surface area (Å²) in [6.45, 7) is 7.33. The van der Waals surface area contributed by atoms with Gasteiger partial charge < -0.3 is 19.9 Å². The van der Waals surface area contributed by atoms with Crippen molar-refractivity contribution in [2.75, 3.05) is 20.6 Å². The molecule has 0 saturated carbocycles. The fourth-order valence-electron chi connectivity index (χ4n) is 5.94. The van der Waals surface area contributed by atoms with Gasteiger partial charge in [0.2, 0.25) is 5.91 Å². The number of likely N-dealkylation sites (N-methyl/N-ethyl adjacent to an activating group) is 1. The molecule has 15 heteroatoms. The summed E-state index contributed by atoms with van der Waals surface area (Å²) in [5, 5.41) is 12.0. The molecule has 0 aliphatic heterocycles. The van der Waals surface area contributed by atoms with Gasteiger partial charge in [-0.1, -0.05) is 13.8 Å². The minimum atomic E-state index is -4.88. The van der Waals surface area contributed by atoms with Gasteiger partial charge in [0, 0.05) is 29.9 Å². The lowest BCUT2D eigenvalue weighted by Gasteiger charge is -2.27. The summed E-state index contributed by atoms with van der Waals surface area (Å²) in [7, 11) is 3.27. The van der Waals surface area contributed by atoms with Crippen molar-refractivity contribution >= 4 is 11.9 Å². The summed E-state index contributed by atoms with van der Waals surface area (Å²) < 4.78 is 115. The minimum Gasteiger partial charge on any atom is -0.481 e. The van der Waals surface area contributed by atoms with E-state index in [1.807, 2.05) is 0 Å². The predicted molar refractivity (Wildman–Crippen MR) is 171 cm³/mol. The minimum absolute atomic E-state index is 0.000467. The van der Waals surface area contributed by atoms with Gasteiger partial charge in [-0.3, -0.25) is 14.4 Å². The van der Waals surface area contributed by atoms with Gasteiger partial charge in [-0.15, -0.1) is 0 Å². The molecule has 1 amide bonds. The van der Waals surface area contributed by atoms with E-state index in [4.69, 9.17) is 0 Å². The Morgan fingerprint density at radius 1 is 0.900 bits per heavy atom. The van der Waals surface area contributed by atoms with Crippen molar-refractivity contribution in [1.82, 2.24) is 14.8 Å². The van der Waals surface area contributed by atoms with Crippen LogP contribution in [0.3, 0.4) is 0 Å². The van der Waals surface area contributed by atoms with E-state index in [1.165, 1.54) is 20.8 Å². The molecule has 2 atom stereocenters. The number of rotatable bonds is 12. The number of hydrogen-bond donors (Lipinski definition) is 2. The molecule has 0 saturated heterocycles. The molecule has 3 aromatic rings. The van der Waals surface area contributed by atoms with Crippen LogP contribution in [-0.2, 0) is 28.4 Å². The lowest BCUT2D eigenvalue weighted by Crippen LogP contribution is -2.41. The number of benzene rings is 2. The Balaban J connectivity index is 2.22. The van der Waals surface area contributed by atoms with Gasteiger partial charge in [0.05, 0.1) is 23.6 Å². The molecular formula is C35H39F8N3O4. The Bertz CT molecular complexity index is 1790. The summed E-state index contributed by atoms with van der Waals surface area (Å²) in [5.74, 6) is -5.57. The molecule has 0 aliphatic carbocycles. The number of carbonyl (C=O) groups is 2. The van der Waals surface area contributed by atoms with E-state index >= 15 is 8.78 Å². The van der Waals surface area contributed by atoms with Crippen LogP contribution in [0.2, 0.25) is 0 Å². The first-order chi connectivity index (χ1) is 22.9. The topological polar surface area (TPSA) is 91.6 Å². The van der Waals surface area contributed by atoms with E-state index in [0.29, 0.717) is 6.07 Å². The fourth-order valence-corrected chi connectivity index (χ4v) is 5.94. The molecule has 1 aromatic heterocycles. The average molecular weight is 718 g/mol. The Morgan fingerprint density at radius 2 is 1.48 bits per heavy atom. The zero-order valence-electron chi connectivity index (χ0n) is 28.5. The van der Waals surface area contributed by atoms with Gasteiger partial charge in [0.1, 0.15) is 17.7 Å². The van der Waals surface area contributed by atoms with E-state index in [-0.39, 0.29) is 58.7 Å². The predicted octanol–water partition coefficient (Wildman–Crippen LogP) is 7.78. The van der Waals surface area contributed by atoms with E-state index < -0.39 is 76.6 Å². The molecule has 0 fully saturated rings. The second kappa shape index (κ2) is 15.3. The SMILES string of the molecule is Cc1cc(-c2c(C)cc(C(F)(F)F)cc2C)c(F)c([C@H](CC(=O)O)NC(=O)C(CC(C)C)n2cc(CCN(C)C)c(C(F)(F)F)cc2=O)c1F. The number of halogens is 8. The van der Waals surface area contributed by atoms with Crippen LogP contribution in [0, 0.1) is 38.3 Å². The van der Waals surface area contributed by atoms with Gasteiger partial charge in [0.15, 0.2) is 0 Å². The maximum Gasteiger partial charge on any atom is 0.416 e. The number of carbonyl (C=O) groups excluding carboxylic acids is 1. The number of pyridine rings is 1. The number of nitrogens with one attached hydrogen (secondary N) is 1. The van der Waals surface area contributed by atoms with Gasteiger partial charge in [-0.05, 0) is 99.6 Å². The first kappa shape index (κ1) is 40.2. The van der Waals surface area contributed by atoms with Crippen LogP contribution in [0.1, 0.15) is 77.7 Å². The number of carboxylic acids is 1. The van der Waals surface area contributed by atoms with Crippen LogP contribution < -0.4 is 10.9 Å². The standard InChI is InChI=1S/C35H39F8N3O4/c1-17(2)10-26(46-16-21(8-9-45(6)7)24(14-27(46)47)35(41,42)43)33(50)44-25(15-28(48)49)30-31(36)20(5)13-23(32(30)37)29-18(3)11-22(12-19(29)4)34(38,39)40/h11-14,16-17,25-26H,8-10,15H2,1-7H3,(H,44,50)(H,48,49)/t25-,26?/m0/s1. The Kier molecular flexibility index (Phi) is 12.3. The Labute approximate surface area is 283 Å². The molecule has 3 rings (SSSR count). The number of aliphatic carboxylic acids is 1. The number of hydrogen-bond acceptors (Lipinski definition) is 4. The molecule has 274 valence electrons. The van der Waals surface area contributed by atoms with Crippen molar-refractivity contribution in [3.05, 3.63) is 91.4 Å². The first-order valence-corrected chi connectivity index (χ1v) is 15.6. The van der Waals surface area contributed by atoms with Crippen LogP contribution in [0.5, 0.6) is 0 Å². The number of alkyl halides is 6. The number of aromatic nitrogens is 1. The van der Waals surface area contributed by atoms with E-state index in [9.17, 15) is 45.8 Å². The third kappa shape index (κ3) is 9.29. The molecule has 1 unspecified atom stereocenters.